The molecule has 0 saturated carbocycles. The van der Waals surface area contributed by atoms with Gasteiger partial charge in [-0.3, -0.25) is 0 Å². The summed E-state index contributed by atoms with van der Waals surface area (Å²) in [6, 6.07) is 4.60. The molecule has 1 aromatic rings. The van der Waals surface area contributed by atoms with Crippen LogP contribution in [-0.4, -0.2) is 39.3 Å². The molecule has 2 rings (SSSR count). The average Bonchev–Trinajstić information content (AvgIpc) is 2.36. The van der Waals surface area contributed by atoms with Crippen molar-refractivity contribution in [2.75, 3.05) is 28.3 Å². The molecule has 0 aliphatic heterocycles. The van der Waals surface area contributed by atoms with E-state index in [0.29, 0.717) is 12.0 Å². The lowest BCUT2D eigenvalue weighted by Gasteiger charge is -2.36. The summed E-state index contributed by atoms with van der Waals surface area (Å²) in [6.45, 7) is 2.31. The third-order valence-electron chi connectivity index (χ3n) is 4.04. The first-order chi connectivity index (χ1) is 8.58. The van der Waals surface area contributed by atoms with Gasteiger partial charge < -0.3 is 14.4 Å². The lowest BCUT2D eigenvalue weighted by molar-refractivity contribution is 0.203. The maximum atomic E-state index is 5.50. The highest BCUT2D eigenvalue weighted by molar-refractivity contribution is 5.50. The number of hydrogen-bond donors (Lipinski definition) is 0. The van der Waals surface area contributed by atoms with Gasteiger partial charge in [0.1, 0.15) is 11.5 Å². The van der Waals surface area contributed by atoms with Crippen molar-refractivity contribution in [3.63, 3.8) is 0 Å². The van der Waals surface area contributed by atoms with Gasteiger partial charge in [-0.15, -0.1) is 0 Å². The summed E-state index contributed by atoms with van der Waals surface area (Å²) in [5.41, 5.74) is 2.64. The summed E-state index contributed by atoms with van der Waals surface area (Å²) in [4.78, 5) is 2.31. The molecule has 2 atom stereocenters. The van der Waals surface area contributed by atoms with E-state index in [0.717, 1.165) is 24.3 Å². The number of methoxy groups -OCH3 is 2. The number of likely N-dealkylation sites (N-methyl/N-ethyl adjacent to an activating group) is 1. The van der Waals surface area contributed by atoms with E-state index in [9.17, 15) is 0 Å². The molecule has 1 aliphatic carbocycles. The Labute approximate surface area is 110 Å². The predicted molar refractivity (Wildman–Crippen MR) is 73.6 cm³/mol. The molecule has 100 valence electrons. The maximum Gasteiger partial charge on any atom is 0.122 e. The molecule has 3 heteroatoms. The number of nitrogens with zero attached hydrogens (tertiary/aromatic N) is 1. The quantitative estimate of drug-likeness (QED) is 0.821. The van der Waals surface area contributed by atoms with Crippen LogP contribution < -0.4 is 9.47 Å². The summed E-state index contributed by atoms with van der Waals surface area (Å²) in [5.74, 6) is 2.62. The second-order valence-electron chi connectivity index (χ2n) is 5.34. The Hall–Kier alpha value is -1.22. The van der Waals surface area contributed by atoms with Crippen LogP contribution >= 0.6 is 0 Å². The first-order valence-corrected chi connectivity index (χ1v) is 6.47. The molecule has 0 saturated heterocycles. The van der Waals surface area contributed by atoms with Crippen molar-refractivity contribution in [1.29, 1.82) is 0 Å². The first-order valence-electron chi connectivity index (χ1n) is 6.47. The van der Waals surface area contributed by atoms with Gasteiger partial charge in [-0.1, -0.05) is 6.92 Å². The van der Waals surface area contributed by atoms with Gasteiger partial charge in [0.25, 0.3) is 0 Å². The minimum absolute atomic E-state index is 0.568. The molecule has 2 unspecified atom stereocenters. The van der Waals surface area contributed by atoms with Gasteiger partial charge in [0.05, 0.1) is 14.2 Å². The largest absolute Gasteiger partial charge is 0.496 e. The van der Waals surface area contributed by atoms with Gasteiger partial charge in [-0.05, 0) is 45.0 Å². The highest BCUT2D eigenvalue weighted by Crippen LogP contribution is 2.38. The molecule has 0 N–H and O–H groups in total. The minimum atomic E-state index is 0.568. The number of rotatable bonds is 3. The van der Waals surface area contributed by atoms with Crippen LogP contribution in [0.25, 0.3) is 0 Å². The highest BCUT2D eigenvalue weighted by atomic mass is 16.5. The van der Waals surface area contributed by atoms with E-state index in [-0.39, 0.29) is 0 Å². The zero-order chi connectivity index (χ0) is 13.3. The van der Waals surface area contributed by atoms with Crippen LogP contribution in [0, 0.1) is 5.92 Å². The van der Waals surface area contributed by atoms with E-state index in [1.807, 2.05) is 12.1 Å². The Kier molecular flexibility index (Phi) is 3.81. The van der Waals surface area contributed by atoms with Crippen molar-refractivity contribution < 1.29 is 9.47 Å². The van der Waals surface area contributed by atoms with E-state index in [2.05, 4.69) is 25.9 Å². The van der Waals surface area contributed by atoms with Gasteiger partial charge in [0.2, 0.25) is 0 Å². The van der Waals surface area contributed by atoms with E-state index >= 15 is 0 Å². The lowest BCUT2D eigenvalue weighted by Crippen LogP contribution is -2.40. The summed E-state index contributed by atoms with van der Waals surface area (Å²) in [5, 5.41) is 0. The monoisotopic (exact) mass is 249 g/mol. The number of benzene rings is 1. The summed E-state index contributed by atoms with van der Waals surface area (Å²) < 4.78 is 11.0. The van der Waals surface area contributed by atoms with Gasteiger partial charge in [-0.2, -0.15) is 0 Å². The van der Waals surface area contributed by atoms with Crippen LogP contribution in [-0.2, 0) is 12.8 Å². The third kappa shape index (κ3) is 2.19. The standard InChI is InChI=1S/C15H23NO2/c1-10-8-11-12(9-13(10)16(2)3)15(18-5)7-6-14(11)17-4/h6-7,10,13H,8-9H2,1-5H3. The Morgan fingerprint density at radius 1 is 1.00 bits per heavy atom. The van der Waals surface area contributed by atoms with E-state index in [4.69, 9.17) is 9.47 Å². The fraction of sp³-hybridized carbons (Fsp3) is 0.600. The second-order valence-corrected chi connectivity index (χ2v) is 5.34. The Balaban J connectivity index is 2.46. The molecule has 0 heterocycles. The molecule has 0 fully saturated rings. The van der Waals surface area contributed by atoms with Crippen LogP contribution in [0.3, 0.4) is 0 Å². The van der Waals surface area contributed by atoms with Crippen molar-refractivity contribution in [3.8, 4) is 11.5 Å². The van der Waals surface area contributed by atoms with Crippen LogP contribution in [0.5, 0.6) is 11.5 Å². The average molecular weight is 249 g/mol. The second kappa shape index (κ2) is 5.19. The normalized spacial score (nSPS) is 22.8. The van der Waals surface area contributed by atoms with Crippen LogP contribution in [0.1, 0.15) is 18.1 Å². The molecule has 0 aromatic heterocycles. The van der Waals surface area contributed by atoms with E-state index in [1.165, 1.54) is 11.1 Å². The van der Waals surface area contributed by atoms with Crippen LogP contribution in [0.2, 0.25) is 0 Å². The van der Waals surface area contributed by atoms with Gasteiger partial charge >= 0.3 is 0 Å². The summed E-state index contributed by atoms with van der Waals surface area (Å²) >= 11 is 0. The fourth-order valence-electron chi connectivity index (χ4n) is 3.04. The van der Waals surface area contributed by atoms with Gasteiger partial charge in [-0.25, -0.2) is 0 Å². The van der Waals surface area contributed by atoms with Crippen molar-refractivity contribution in [2.45, 2.75) is 25.8 Å². The zero-order valence-electron chi connectivity index (χ0n) is 12.0. The Morgan fingerprint density at radius 3 is 1.94 bits per heavy atom. The molecule has 0 radical (unpaired) electrons. The van der Waals surface area contributed by atoms with E-state index < -0.39 is 0 Å². The first kappa shape index (κ1) is 13.2. The SMILES string of the molecule is COc1ccc(OC)c2c1CC(C)C(N(C)C)C2. The Bertz CT molecular complexity index is 429. The molecule has 1 aliphatic rings. The lowest BCUT2D eigenvalue weighted by atomic mass is 9.79. The summed E-state index contributed by atoms with van der Waals surface area (Å²) in [7, 11) is 7.78. The molecule has 0 spiro atoms. The number of fused-ring (bicyclic) bond motifs is 1. The van der Waals surface area contributed by atoms with Crippen molar-refractivity contribution >= 4 is 0 Å². The molecule has 0 amide bonds. The molecular formula is C15H23NO2. The van der Waals surface area contributed by atoms with Gasteiger partial charge in [0, 0.05) is 17.2 Å². The van der Waals surface area contributed by atoms with Gasteiger partial charge in [0.15, 0.2) is 0 Å². The molecule has 1 aromatic carbocycles. The Morgan fingerprint density at radius 2 is 1.50 bits per heavy atom. The maximum absolute atomic E-state index is 5.50. The zero-order valence-corrected chi connectivity index (χ0v) is 12.0. The smallest absolute Gasteiger partial charge is 0.122 e. The number of ether oxygens (including phenoxy) is 2. The molecule has 0 bridgehead atoms. The third-order valence-corrected chi connectivity index (χ3v) is 4.04. The van der Waals surface area contributed by atoms with Crippen molar-refractivity contribution in [3.05, 3.63) is 23.3 Å². The van der Waals surface area contributed by atoms with E-state index in [1.54, 1.807) is 14.2 Å². The van der Waals surface area contributed by atoms with Crippen LogP contribution in [0.15, 0.2) is 12.1 Å². The molecule has 3 nitrogen and oxygen atoms in total. The number of hydrogen-bond acceptors (Lipinski definition) is 3. The highest BCUT2D eigenvalue weighted by Gasteiger charge is 2.30. The van der Waals surface area contributed by atoms with Crippen molar-refractivity contribution in [2.24, 2.45) is 5.92 Å². The molecule has 18 heavy (non-hydrogen) atoms. The molecular weight excluding hydrogens is 226 g/mol. The summed E-state index contributed by atoms with van der Waals surface area (Å²) in [6.07, 6.45) is 2.09. The predicted octanol–water partition coefficient (Wildman–Crippen LogP) is 2.37. The topological polar surface area (TPSA) is 21.7 Å². The fourth-order valence-corrected chi connectivity index (χ4v) is 3.04. The van der Waals surface area contributed by atoms with Crippen molar-refractivity contribution in [1.82, 2.24) is 4.90 Å². The minimum Gasteiger partial charge on any atom is -0.496 e. The van der Waals surface area contributed by atoms with Crippen LogP contribution in [0.4, 0.5) is 0 Å².